The van der Waals surface area contributed by atoms with Gasteiger partial charge < -0.3 is 10.6 Å². The van der Waals surface area contributed by atoms with Gasteiger partial charge in [0, 0.05) is 26.2 Å². The molecule has 1 atom stereocenters. The second kappa shape index (κ2) is 5.72. The minimum absolute atomic E-state index is 0.190. The van der Waals surface area contributed by atoms with E-state index < -0.39 is 15.7 Å². The highest BCUT2D eigenvalue weighted by molar-refractivity contribution is 7.86. The first kappa shape index (κ1) is 15.9. The van der Waals surface area contributed by atoms with Crippen LogP contribution in [0, 0.1) is 0 Å². The van der Waals surface area contributed by atoms with Gasteiger partial charge in [0.2, 0.25) is 5.91 Å². The molecule has 1 amide bonds. The molecule has 8 heteroatoms. The SMILES string of the molecule is CC(N)(C(=O)N1CCN(S(N)(=O)=O)CC1)c1ccccc1. The van der Waals surface area contributed by atoms with Gasteiger partial charge in [-0.3, -0.25) is 4.79 Å². The second-order valence-electron chi connectivity index (χ2n) is 5.30. The summed E-state index contributed by atoms with van der Waals surface area (Å²) < 4.78 is 23.7. The molecule has 0 bridgehead atoms. The van der Waals surface area contributed by atoms with Crippen LogP contribution in [0.1, 0.15) is 12.5 Å². The fraction of sp³-hybridized carbons (Fsp3) is 0.462. The lowest BCUT2D eigenvalue weighted by atomic mass is 9.91. The predicted molar refractivity (Wildman–Crippen MR) is 79.2 cm³/mol. The maximum Gasteiger partial charge on any atom is 0.277 e. The van der Waals surface area contributed by atoms with Gasteiger partial charge in [-0.2, -0.15) is 12.7 Å². The Morgan fingerprint density at radius 2 is 1.67 bits per heavy atom. The van der Waals surface area contributed by atoms with Crippen molar-refractivity contribution in [2.45, 2.75) is 12.5 Å². The third-order valence-corrected chi connectivity index (χ3v) is 4.79. The molecule has 4 N–H and O–H groups in total. The van der Waals surface area contributed by atoms with Gasteiger partial charge in [-0.15, -0.1) is 0 Å². The van der Waals surface area contributed by atoms with Gasteiger partial charge in [0.1, 0.15) is 5.54 Å². The summed E-state index contributed by atoms with van der Waals surface area (Å²) in [7, 11) is -3.70. The van der Waals surface area contributed by atoms with E-state index in [9.17, 15) is 13.2 Å². The van der Waals surface area contributed by atoms with E-state index in [4.69, 9.17) is 10.9 Å². The molecule has 0 saturated carbocycles. The van der Waals surface area contributed by atoms with Gasteiger partial charge in [0.15, 0.2) is 0 Å². The summed E-state index contributed by atoms with van der Waals surface area (Å²) in [6.45, 7) is 2.62. The number of nitrogens with zero attached hydrogens (tertiary/aromatic N) is 2. The molecule has 0 aromatic heterocycles. The van der Waals surface area contributed by atoms with Crippen molar-refractivity contribution in [3.63, 3.8) is 0 Å². The lowest BCUT2D eigenvalue weighted by Gasteiger charge is -2.37. The molecule has 1 aliphatic rings. The topological polar surface area (TPSA) is 110 Å². The van der Waals surface area contributed by atoms with E-state index in [0.717, 1.165) is 9.87 Å². The summed E-state index contributed by atoms with van der Waals surface area (Å²) in [5, 5.41) is 5.08. The van der Waals surface area contributed by atoms with E-state index in [0.29, 0.717) is 0 Å². The van der Waals surface area contributed by atoms with Crippen molar-refractivity contribution in [1.29, 1.82) is 0 Å². The zero-order chi connectivity index (χ0) is 15.7. The van der Waals surface area contributed by atoms with E-state index in [1.165, 1.54) is 0 Å². The van der Waals surface area contributed by atoms with E-state index >= 15 is 0 Å². The van der Waals surface area contributed by atoms with Crippen LogP contribution >= 0.6 is 0 Å². The number of amides is 1. The Morgan fingerprint density at radius 1 is 1.14 bits per heavy atom. The molecular weight excluding hydrogens is 292 g/mol. The molecule has 1 aromatic rings. The molecule has 1 unspecified atom stereocenters. The Hall–Kier alpha value is -1.48. The van der Waals surface area contributed by atoms with Crippen LogP contribution in [0.4, 0.5) is 0 Å². The molecule has 0 radical (unpaired) electrons. The van der Waals surface area contributed by atoms with Gasteiger partial charge in [0.05, 0.1) is 0 Å². The second-order valence-corrected chi connectivity index (χ2v) is 6.85. The predicted octanol–water partition coefficient (Wildman–Crippen LogP) is -0.792. The molecule has 21 heavy (non-hydrogen) atoms. The molecule has 1 saturated heterocycles. The van der Waals surface area contributed by atoms with E-state index in [1.54, 1.807) is 24.0 Å². The van der Waals surface area contributed by atoms with Crippen LogP contribution in [-0.2, 0) is 20.5 Å². The zero-order valence-corrected chi connectivity index (χ0v) is 12.7. The fourth-order valence-electron chi connectivity index (χ4n) is 2.38. The molecule has 1 aromatic carbocycles. The van der Waals surface area contributed by atoms with E-state index in [1.807, 2.05) is 18.2 Å². The molecular formula is C13H20N4O3S. The number of rotatable bonds is 3. The highest BCUT2D eigenvalue weighted by Crippen LogP contribution is 2.21. The quantitative estimate of drug-likeness (QED) is 0.762. The number of piperazine rings is 1. The molecule has 7 nitrogen and oxygen atoms in total. The molecule has 1 fully saturated rings. The Kier molecular flexibility index (Phi) is 4.33. The fourth-order valence-corrected chi connectivity index (χ4v) is 3.05. The summed E-state index contributed by atoms with van der Waals surface area (Å²) in [5.41, 5.74) is 5.78. The number of nitrogens with two attached hydrogens (primary N) is 2. The summed E-state index contributed by atoms with van der Waals surface area (Å²) >= 11 is 0. The smallest absolute Gasteiger partial charge is 0.277 e. The Balaban J connectivity index is 2.09. The number of carbonyl (C=O) groups excluding carboxylic acids is 1. The average molecular weight is 312 g/mol. The maximum absolute atomic E-state index is 12.6. The van der Waals surface area contributed by atoms with Gasteiger partial charge >= 0.3 is 0 Å². The normalized spacial score (nSPS) is 20.0. The summed E-state index contributed by atoms with van der Waals surface area (Å²) in [5.74, 6) is -0.220. The van der Waals surface area contributed by atoms with Crippen LogP contribution in [0.2, 0.25) is 0 Å². The molecule has 116 valence electrons. The Morgan fingerprint density at radius 3 is 2.14 bits per heavy atom. The van der Waals surface area contributed by atoms with E-state index in [2.05, 4.69) is 0 Å². The Labute approximate surface area is 124 Å². The van der Waals surface area contributed by atoms with Crippen molar-refractivity contribution in [3.05, 3.63) is 35.9 Å². The summed E-state index contributed by atoms with van der Waals surface area (Å²) in [4.78, 5) is 14.2. The lowest BCUT2D eigenvalue weighted by Crippen LogP contribution is -2.58. The summed E-state index contributed by atoms with van der Waals surface area (Å²) in [6.07, 6.45) is 0. The first-order valence-corrected chi connectivity index (χ1v) is 8.15. The number of benzene rings is 1. The molecule has 0 spiro atoms. The molecule has 1 aliphatic heterocycles. The van der Waals surface area contributed by atoms with Crippen molar-refractivity contribution < 1.29 is 13.2 Å². The molecule has 1 heterocycles. The minimum atomic E-state index is -3.70. The molecule has 0 aliphatic carbocycles. The first-order valence-electron chi connectivity index (χ1n) is 6.64. The van der Waals surface area contributed by atoms with Crippen molar-refractivity contribution in [1.82, 2.24) is 9.21 Å². The number of carbonyl (C=O) groups is 1. The van der Waals surface area contributed by atoms with Crippen LogP contribution in [0.15, 0.2) is 30.3 Å². The van der Waals surface area contributed by atoms with Crippen LogP contribution in [0.5, 0.6) is 0 Å². The van der Waals surface area contributed by atoms with Crippen LogP contribution in [0.25, 0.3) is 0 Å². The molecule has 2 rings (SSSR count). The maximum atomic E-state index is 12.6. The third-order valence-electron chi connectivity index (χ3n) is 3.70. The highest BCUT2D eigenvalue weighted by atomic mass is 32.2. The van der Waals surface area contributed by atoms with Gasteiger partial charge in [0.25, 0.3) is 10.2 Å². The van der Waals surface area contributed by atoms with Crippen LogP contribution in [0.3, 0.4) is 0 Å². The van der Waals surface area contributed by atoms with Gasteiger partial charge in [-0.25, -0.2) is 5.14 Å². The number of hydrogen-bond acceptors (Lipinski definition) is 4. The van der Waals surface area contributed by atoms with E-state index in [-0.39, 0.29) is 32.1 Å². The third kappa shape index (κ3) is 3.41. The van der Waals surface area contributed by atoms with Crippen LogP contribution in [-0.4, -0.2) is 49.7 Å². The van der Waals surface area contributed by atoms with Gasteiger partial charge in [-0.1, -0.05) is 30.3 Å². The van der Waals surface area contributed by atoms with Crippen LogP contribution < -0.4 is 10.9 Å². The van der Waals surface area contributed by atoms with Crippen molar-refractivity contribution >= 4 is 16.1 Å². The van der Waals surface area contributed by atoms with Crippen molar-refractivity contribution in [2.75, 3.05) is 26.2 Å². The highest BCUT2D eigenvalue weighted by Gasteiger charge is 2.36. The first-order chi connectivity index (χ1) is 9.73. The van der Waals surface area contributed by atoms with Gasteiger partial charge in [-0.05, 0) is 12.5 Å². The van der Waals surface area contributed by atoms with Crippen molar-refractivity contribution in [3.8, 4) is 0 Å². The lowest BCUT2D eigenvalue weighted by molar-refractivity contribution is -0.138. The zero-order valence-electron chi connectivity index (χ0n) is 11.9. The average Bonchev–Trinajstić information content (AvgIpc) is 2.46. The Bertz CT molecular complexity index is 608. The standard InChI is InChI=1S/C13H20N4O3S/c1-13(14,11-5-3-2-4-6-11)12(18)16-7-9-17(10-8-16)21(15,19)20/h2-6H,7-10,14H2,1H3,(H2,15,19,20). The minimum Gasteiger partial charge on any atom is -0.338 e. The van der Waals surface area contributed by atoms with Crippen molar-refractivity contribution in [2.24, 2.45) is 10.9 Å². The number of hydrogen-bond donors (Lipinski definition) is 2. The monoisotopic (exact) mass is 312 g/mol. The summed E-state index contributed by atoms with van der Waals surface area (Å²) in [6, 6.07) is 9.12. The largest absolute Gasteiger partial charge is 0.338 e.